The van der Waals surface area contributed by atoms with Crippen molar-refractivity contribution in [3.8, 4) is 17.1 Å². The molecule has 2 N–H and O–H groups in total. The van der Waals surface area contributed by atoms with E-state index in [0.29, 0.717) is 0 Å². The number of halogens is 3. The molecule has 0 spiro atoms. The first kappa shape index (κ1) is 17.4. The van der Waals surface area contributed by atoms with Gasteiger partial charge in [0.1, 0.15) is 5.56 Å². The predicted octanol–water partition coefficient (Wildman–Crippen LogP) is 2.31. The largest absolute Gasteiger partial charge is 0.421 e. The summed E-state index contributed by atoms with van der Waals surface area (Å²) in [5, 5.41) is 7.41. The van der Waals surface area contributed by atoms with E-state index >= 15 is 0 Å². The van der Waals surface area contributed by atoms with Gasteiger partial charge in [-0.05, 0) is 24.3 Å². The summed E-state index contributed by atoms with van der Waals surface area (Å²) in [6.45, 7) is 1.54. The second kappa shape index (κ2) is 6.14. The van der Waals surface area contributed by atoms with Gasteiger partial charge in [0, 0.05) is 18.8 Å². The average Bonchev–Trinajstić information content (AvgIpc) is 3.00. The Morgan fingerprint density at radius 2 is 1.96 bits per heavy atom. The van der Waals surface area contributed by atoms with Crippen LogP contribution in [0.2, 0.25) is 0 Å². The minimum Gasteiger partial charge on any atom is -0.421 e. The molecule has 0 aliphatic rings. The predicted molar refractivity (Wildman–Crippen MR) is 83.6 cm³/mol. The number of carbonyl (C=O) groups excluding carboxylic acids is 1. The van der Waals surface area contributed by atoms with Crippen molar-refractivity contribution < 1.29 is 22.4 Å². The third kappa shape index (κ3) is 3.21. The number of hydrogen-bond donors (Lipinski definition) is 1. The SMILES string of the molecule is Cc1nnc(-c2cc(C(N)=O)c(=O)n(-c3cccc(C(F)(F)F)c3)c2)o1. The Labute approximate surface area is 143 Å². The van der Waals surface area contributed by atoms with Crippen molar-refractivity contribution in [2.45, 2.75) is 13.1 Å². The average molecular weight is 364 g/mol. The molecule has 0 aliphatic heterocycles. The lowest BCUT2D eigenvalue weighted by Crippen LogP contribution is -2.28. The highest BCUT2D eigenvalue weighted by atomic mass is 19.4. The van der Waals surface area contributed by atoms with Crippen molar-refractivity contribution in [3.63, 3.8) is 0 Å². The van der Waals surface area contributed by atoms with E-state index in [0.717, 1.165) is 28.8 Å². The Bertz CT molecular complexity index is 1050. The summed E-state index contributed by atoms with van der Waals surface area (Å²) in [6.07, 6.45) is -3.38. The van der Waals surface area contributed by atoms with E-state index in [4.69, 9.17) is 10.2 Å². The van der Waals surface area contributed by atoms with Crippen LogP contribution >= 0.6 is 0 Å². The number of nitrogens with two attached hydrogens (primary N) is 1. The molecule has 3 rings (SSSR count). The fourth-order valence-corrected chi connectivity index (χ4v) is 2.31. The van der Waals surface area contributed by atoms with Crippen molar-refractivity contribution in [1.29, 1.82) is 0 Å². The number of aromatic nitrogens is 3. The van der Waals surface area contributed by atoms with Crippen LogP contribution in [-0.4, -0.2) is 20.7 Å². The highest BCUT2D eigenvalue weighted by molar-refractivity contribution is 5.93. The van der Waals surface area contributed by atoms with Gasteiger partial charge in [0.05, 0.1) is 11.1 Å². The zero-order chi connectivity index (χ0) is 19.1. The second-order valence-corrected chi connectivity index (χ2v) is 5.36. The zero-order valence-corrected chi connectivity index (χ0v) is 13.2. The number of primary amides is 1. The molecule has 0 saturated carbocycles. The van der Waals surface area contributed by atoms with Crippen LogP contribution in [0, 0.1) is 6.92 Å². The smallest absolute Gasteiger partial charge is 0.416 e. The molecule has 0 aliphatic carbocycles. The van der Waals surface area contributed by atoms with Crippen molar-refractivity contribution in [2.24, 2.45) is 5.73 Å². The molecule has 0 saturated heterocycles. The number of alkyl halides is 3. The van der Waals surface area contributed by atoms with Gasteiger partial charge in [-0.2, -0.15) is 13.2 Å². The van der Waals surface area contributed by atoms with Crippen LogP contribution in [0.3, 0.4) is 0 Å². The molecule has 134 valence electrons. The van der Waals surface area contributed by atoms with E-state index in [1.165, 1.54) is 19.2 Å². The molecule has 26 heavy (non-hydrogen) atoms. The summed E-state index contributed by atoms with van der Waals surface area (Å²) in [5.74, 6) is -0.808. The lowest BCUT2D eigenvalue weighted by atomic mass is 10.1. The fourth-order valence-electron chi connectivity index (χ4n) is 2.31. The molecule has 10 heteroatoms. The molecular weight excluding hydrogens is 353 g/mol. The first-order valence-electron chi connectivity index (χ1n) is 7.21. The van der Waals surface area contributed by atoms with Gasteiger partial charge in [-0.3, -0.25) is 14.2 Å². The van der Waals surface area contributed by atoms with Crippen molar-refractivity contribution >= 4 is 5.91 Å². The summed E-state index contributed by atoms with van der Waals surface area (Å²) in [5.41, 5.74) is 3.06. The quantitative estimate of drug-likeness (QED) is 0.768. The molecule has 3 aromatic rings. The van der Waals surface area contributed by atoms with Gasteiger partial charge in [0.15, 0.2) is 0 Å². The molecular formula is C16H11F3N4O3. The minimum atomic E-state index is -4.59. The highest BCUT2D eigenvalue weighted by Gasteiger charge is 2.30. The number of aryl methyl sites for hydroxylation is 1. The topological polar surface area (TPSA) is 104 Å². The normalized spacial score (nSPS) is 11.5. The molecule has 2 heterocycles. The van der Waals surface area contributed by atoms with Crippen molar-refractivity contribution in [1.82, 2.24) is 14.8 Å². The van der Waals surface area contributed by atoms with E-state index in [9.17, 15) is 22.8 Å². The van der Waals surface area contributed by atoms with E-state index in [-0.39, 0.29) is 23.0 Å². The van der Waals surface area contributed by atoms with Crippen molar-refractivity contribution in [3.05, 3.63) is 63.9 Å². The number of hydrogen-bond acceptors (Lipinski definition) is 5. The number of carbonyl (C=O) groups is 1. The van der Waals surface area contributed by atoms with Gasteiger partial charge in [0.2, 0.25) is 11.8 Å². The number of amides is 1. The van der Waals surface area contributed by atoms with E-state index in [1.54, 1.807) is 0 Å². The Balaban J connectivity index is 2.26. The van der Waals surface area contributed by atoms with Crippen LogP contribution < -0.4 is 11.3 Å². The van der Waals surface area contributed by atoms with Gasteiger partial charge < -0.3 is 10.2 Å². The maximum atomic E-state index is 12.9. The number of nitrogens with zero attached hydrogens (tertiary/aromatic N) is 3. The lowest BCUT2D eigenvalue weighted by molar-refractivity contribution is -0.137. The molecule has 1 aromatic carbocycles. The Kier molecular flexibility index (Phi) is 4.10. The Morgan fingerprint density at radius 3 is 2.54 bits per heavy atom. The standard InChI is InChI=1S/C16H11F3N4O3/c1-8-21-22-14(26-8)9-5-12(13(20)24)15(25)23(7-9)11-4-2-3-10(6-11)16(17,18)19/h2-7H,1H3,(H2,20,24). The highest BCUT2D eigenvalue weighted by Crippen LogP contribution is 2.30. The van der Waals surface area contributed by atoms with Crippen LogP contribution in [0.15, 0.2) is 45.7 Å². The summed E-state index contributed by atoms with van der Waals surface area (Å²) in [6, 6.07) is 5.26. The van der Waals surface area contributed by atoms with E-state index < -0.39 is 28.8 Å². The number of pyridine rings is 1. The van der Waals surface area contributed by atoms with Crippen LogP contribution in [0.1, 0.15) is 21.8 Å². The van der Waals surface area contributed by atoms with Gasteiger partial charge in [-0.15, -0.1) is 10.2 Å². The first-order valence-corrected chi connectivity index (χ1v) is 7.21. The maximum absolute atomic E-state index is 12.9. The van der Waals surface area contributed by atoms with Crippen molar-refractivity contribution in [2.75, 3.05) is 0 Å². The Morgan fingerprint density at radius 1 is 1.23 bits per heavy atom. The van der Waals surface area contributed by atoms with E-state index in [1.807, 2.05) is 0 Å². The van der Waals surface area contributed by atoms with Crippen LogP contribution in [0.5, 0.6) is 0 Å². The lowest BCUT2D eigenvalue weighted by Gasteiger charge is -2.12. The monoisotopic (exact) mass is 364 g/mol. The number of benzene rings is 1. The molecule has 0 radical (unpaired) electrons. The zero-order valence-electron chi connectivity index (χ0n) is 13.2. The summed E-state index contributed by atoms with van der Waals surface area (Å²) < 4.78 is 45.0. The Hall–Kier alpha value is -3.43. The van der Waals surface area contributed by atoms with Gasteiger partial charge in [0.25, 0.3) is 11.5 Å². The van der Waals surface area contributed by atoms with Crippen LogP contribution in [0.4, 0.5) is 13.2 Å². The van der Waals surface area contributed by atoms with Crippen LogP contribution in [0.25, 0.3) is 17.1 Å². The third-order valence-electron chi connectivity index (χ3n) is 3.51. The molecule has 0 fully saturated rings. The van der Waals surface area contributed by atoms with Crippen LogP contribution in [-0.2, 0) is 6.18 Å². The molecule has 0 atom stereocenters. The summed E-state index contributed by atoms with van der Waals surface area (Å²) in [4.78, 5) is 24.1. The molecule has 0 bridgehead atoms. The molecule has 1 amide bonds. The van der Waals surface area contributed by atoms with Gasteiger partial charge in [-0.25, -0.2) is 0 Å². The van der Waals surface area contributed by atoms with Gasteiger partial charge in [-0.1, -0.05) is 6.07 Å². The van der Waals surface area contributed by atoms with E-state index in [2.05, 4.69) is 10.2 Å². The minimum absolute atomic E-state index is 0.00859. The maximum Gasteiger partial charge on any atom is 0.416 e. The molecule has 2 aromatic heterocycles. The molecule has 7 nitrogen and oxygen atoms in total. The number of rotatable bonds is 3. The first-order chi connectivity index (χ1) is 12.2. The molecule has 0 unspecified atom stereocenters. The second-order valence-electron chi connectivity index (χ2n) is 5.36. The third-order valence-corrected chi connectivity index (χ3v) is 3.51. The summed E-state index contributed by atoms with van der Waals surface area (Å²) >= 11 is 0. The fraction of sp³-hybridized carbons (Fsp3) is 0.125. The summed E-state index contributed by atoms with van der Waals surface area (Å²) in [7, 11) is 0. The van der Waals surface area contributed by atoms with Gasteiger partial charge >= 0.3 is 6.18 Å².